The van der Waals surface area contributed by atoms with Gasteiger partial charge in [0.2, 0.25) is 5.91 Å². The average molecular weight is 258 g/mol. The molecular formula is C13H26N2OS. The van der Waals surface area contributed by atoms with Crippen molar-refractivity contribution in [1.82, 2.24) is 5.32 Å². The highest BCUT2D eigenvalue weighted by Crippen LogP contribution is 2.27. The van der Waals surface area contributed by atoms with E-state index in [1.54, 1.807) is 0 Å². The molecule has 3 unspecified atom stereocenters. The monoisotopic (exact) mass is 258 g/mol. The zero-order valence-electron chi connectivity index (χ0n) is 11.5. The first-order valence-corrected chi connectivity index (χ1v) is 7.74. The lowest BCUT2D eigenvalue weighted by atomic mass is 9.86. The summed E-state index contributed by atoms with van der Waals surface area (Å²) in [5.41, 5.74) is 5.81. The summed E-state index contributed by atoms with van der Waals surface area (Å²) in [5.74, 6) is 0.00319. The molecule has 0 aromatic carbocycles. The smallest absolute Gasteiger partial charge is 0.237 e. The van der Waals surface area contributed by atoms with E-state index in [1.807, 2.05) is 32.5 Å². The van der Waals surface area contributed by atoms with Gasteiger partial charge in [0.25, 0.3) is 0 Å². The van der Waals surface area contributed by atoms with Crippen molar-refractivity contribution in [3.8, 4) is 0 Å². The SMILES string of the molecule is CSC1CCCCC1NC(=O)C(N)C(C)(C)C. The predicted octanol–water partition coefficient (Wildman–Crippen LogP) is 2.15. The molecule has 3 N–H and O–H groups in total. The molecule has 1 amide bonds. The summed E-state index contributed by atoms with van der Waals surface area (Å²) in [4.78, 5) is 12.1. The number of carbonyl (C=O) groups excluding carboxylic acids is 1. The molecule has 17 heavy (non-hydrogen) atoms. The first kappa shape index (κ1) is 14.8. The largest absolute Gasteiger partial charge is 0.351 e. The van der Waals surface area contributed by atoms with Gasteiger partial charge in [-0.05, 0) is 24.5 Å². The van der Waals surface area contributed by atoms with Crippen molar-refractivity contribution >= 4 is 17.7 Å². The van der Waals surface area contributed by atoms with E-state index in [4.69, 9.17) is 5.73 Å². The number of amides is 1. The number of hydrogen-bond donors (Lipinski definition) is 2. The Balaban J connectivity index is 2.55. The number of nitrogens with two attached hydrogens (primary N) is 1. The second-order valence-electron chi connectivity index (χ2n) is 6.02. The maximum atomic E-state index is 12.1. The zero-order chi connectivity index (χ0) is 13.1. The normalized spacial score (nSPS) is 27.6. The third-order valence-electron chi connectivity index (χ3n) is 3.55. The number of nitrogens with one attached hydrogen (secondary N) is 1. The minimum Gasteiger partial charge on any atom is -0.351 e. The van der Waals surface area contributed by atoms with Gasteiger partial charge in [0.05, 0.1) is 6.04 Å². The van der Waals surface area contributed by atoms with Gasteiger partial charge in [0, 0.05) is 11.3 Å². The second-order valence-corrected chi connectivity index (χ2v) is 7.09. The maximum Gasteiger partial charge on any atom is 0.237 e. The van der Waals surface area contributed by atoms with E-state index in [2.05, 4.69) is 11.6 Å². The van der Waals surface area contributed by atoms with Crippen molar-refractivity contribution in [3.63, 3.8) is 0 Å². The highest BCUT2D eigenvalue weighted by atomic mass is 32.2. The van der Waals surface area contributed by atoms with Crippen LogP contribution in [0.1, 0.15) is 46.5 Å². The molecule has 4 heteroatoms. The van der Waals surface area contributed by atoms with Gasteiger partial charge in [0.1, 0.15) is 0 Å². The third kappa shape index (κ3) is 4.18. The molecule has 0 bridgehead atoms. The molecule has 3 atom stereocenters. The van der Waals surface area contributed by atoms with Crippen LogP contribution in [-0.2, 0) is 4.79 Å². The van der Waals surface area contributed by atoms with Gasteiger partial charge in [-0.25, -0.2) is 0 Å². The summed E-state index contributed by atoms with van der Waals surface area (Å²) in [6.07, 6.45) is 6.92. The van der Waals surface area contributed by atoms with E-state index in [0.717, 1.165) is 6.42 Å². The Morgan fingerprint density at radius 3 is 2.47 bits per heavy atom. The lowest BCUT2D eigenvalue weighted by Crippen LogP contribution is -2.54. The Morgan fingerprint density at radius 2 is 1.94 bits per heavy atom. The van der Waals surface area contributed by atoms with Crippen molar-refractivity contribution < 1.29 is 4.79 Å². The van der Waals surface area contributed by atoms with Gasteiger partial charge in [-0.15, -0.1) is 0 Å². The topological polar surface area (TPSA) is 55.1 Å². The standard InChI is InChI=1S/C13H26N2OS/c1-13(2,3)11(14)12(16)15-9-7-5-6-8-10(9)17-4/h9-11H,5-8,14H2,1-4H3,(H,15,16). The molecule has 1 saturated carbocycles. The van der Waals surface area contributed by atoms with Crippen LogP contribution in [0.4, 0.5) is 0 Å². The molecule has 100 valence electrons. The lowest BCUT2D eigenvalue weighted by molar-refractivity contribution is -0.125. The van der Waals surface area contributed by atoms with Gasteiger partial charge in [-0.1, -0.05) is 33.6 Å². The predicted molar refractivity (Wildman–Crippen MR) is 75.1 cm³/mol. The lowest BCUT2D eigenvalue weighted by Gasteiger charge is -2.34. The number of hydrogen-bond acceptors (Lipinski definition) is 3. The molecule has 0 aromatic heterocycles. The van der Waals surface area contributed by atoms with Crippen LogP contribution < -0.4 is 11.1 Å². The van der Waals surface area contributed by atoms with Crippen molar-refractivity contribution in [3.05, 3.63) is 0 Å². The molecule has 0 heterocycles. The van der Waals surface area contributed by atoms with Crippen LogP contribution in [0.25, 0.3) is 0 Å². The third-order valence-corrected chi connectivity index (χ3v) is 4.72. The highest BCUT2D eigenvalue weighted by molar-refractivity contribution is 7.99. The van der Waals surface area contributed by atoms with Gasteiger partial charge in [-0.2, -0.15) is 11.8 Å². The molecule has 0 spiro atoms. The number of carbonyl (C=O) groups is 1. The average Bonchev–Trinajstić information content (AvgIpc) is 2.27. The van der Waals surface area contributed by atoms with Crippen molar-refractivity contribution in [2.45, 2.75) is 63.8 Å². The molecule has 0 aromatic rings. The van der Waals surface area contributed by atoms with E-state index in [9.17, 15) is 4.79 Å². The van der Waals surface area contributed by atoms with Crippen LogP contribution in [0.2, 0.25) is 0 Å². The Kier molecular flexibility index (Phi) is 5.32. The molecule has 0 radical (unpaired) electrons. The van der Waals surface area contributed by atoms with Gasteiger partial charge in [0.15, 0.2) is 0 Å². The number of rotatable bonds is 3. The van der Waals surface area contributed by atoms with Gasteiger partial charge in [-0.3, -0.25) is 4.79 Å². The van der Waals surface area contributed by atoms with Crippen molar-refractivity contribution in [2.24, 2.45) is 11.1 Å². The quantitative estimate of drug-likeness (QED) is 0.815. The zero-order valence-corrected chi connectivity index (χ0v) is 12.3. The van der Waals surface area contributed by atoms with E-state index in [-0.39, 0.29) is 11.3 Å². The van der Waals surface area contributed by atoms with E-state index in [0.29, 0.717) is 11.3 Å². The molecule has 1 aliphatic rings. The summed E-state index contributed by atoms with van der Waals surface area (Å²) in [6, 6.07) is -0.119. The minimum atomic E-state index is -0.424. The van der Waals surface area contributed by atoms with Crippen LogP contribution in [0, 0.1) is 5.41 Å². The molecule has 0 aliphatic heterocycles. The fraction of sp³-hybridized carbons (Fsp3) is 0.923. The van der Waals surface area contributed by atoms with Crippen LogP contribution in [0.5, 0.6) is 0 Å². The first-order valence-electron chi connectivity index (χ1n) is 6.45. The minimum absolute atomic E-state index is 0.00319. The van der Waals surface area contributed by atoms with Gasteiger partial charge >= 0.3 is 0 Å². The van der Waals surface area contributed by atoms with Crippen LogP contribution in [-0.4, -0.2) is 29.5 Å². The Hall–Kier alpha value is -0.220. The fourth-order valence-electron chi connectivity index (χ4n) is 2.21. The van der Waals surface area contributed by atoms with E-state index in [1.165, 1.54) is 19.3 Å². The summed E-state index contributed by atoms with van der Waals surface area (Å²) in [5, 5.41) is 3.70. The first-order chi connectivity index (χ1) is 7.86. The molecule has 1 aliphatic carbocycles. The van der Waals surface area contributed by atoms with Gasteiger partial charge < -0.3 is 11.1 Å². The van der Waals surface area contributed by atoms with Crippen molar-refractivity contribution in [1.29, 1.82) is 0 Å². The maximum absolute atomic E-state index is 12.1. The molecule has 3 nitrogen and oxygen atoms in total. The summed E-state index contributed by atoms with van der Waals surface area (Å²) >= 11 is 1.86. The van der Waals surface area contributed by atoms with Crippen molar-refractivity contribution in [2.75, 3.05) is 6.26 Å². The highest BCUT2D eigenvalue weighted by Gasteiger charge is 2.31. The number of thioether (sulfide) groups is 1. The Bertz CT molecular complexity index is 263. The van der Waals surface area contributed by atoms with E-state index >= 15 is 0 Å². The Labute approximate surface area is 109 Å². The van der Waals surface area contributed by atoms with Crippen LogP contribution >= 0.6 is 11.8 Å². The summed E-state index contributed by atoms with van der Waals surface area (Å²) in [7, 11) is 0. The summed E-state index contributed by atoms with van der Waals surface area (Å²) < 4.78 is 0. The fourth-order valence-corrected chi connectivity index (χ4v) is 3.14. The van der Waals surface area contributed by atoms with Crippen LogP contribution in [0.15, 0.2) is 0 Å². The summed E-state index contributed by atoms with van der Waals surface area (Å²) in [6.45, 7) is 6.01. The Morgan fingerprint density at radius 1 is 1.35 bits per heavy atom. The molecule has 1 rings (SSSR count). The van der Waals surface area contributed by atoms with Crippen LogP contribution in [0.3, 0.4) is 0 Å². The molecular weight excluding hydrogens is 232 g/mol. The molecule has 0 saturated heterocycles. The molecule has 1 fully saturated rings. The van der Waals surface area contributed by atoms with E-state index < -0.39 is 6.04 Å². The second kappa shape index (κ2) is 6.10.